The first kappa shape index (κ1) is 27.4. The first-order valence-electron chi connectivity index (χ1n) is 13.2. The van der Waals surface area contributed by atoms with Crippen molar-refractivity contribution in [3.63, 3.8) is 0 Å². The molecule has 204 valence electrons. The van der Waals surface area contributed by atoms with E-state index < -0.39 is 6.04 Å². The van der Waals surface area contributed by atoms with Crippen molar-refractivity contribution in [1.29, 1.82) is 0 Å². The third-order valence-electron chi connectivity index (χ3n) is 6.91. The Morgan fingerprint density at radius 1 is 1.13 bits per heavy atom. The van der Waals surface area contributed by atoms with E-state index in [1.54, 1.807) is 42.0 Å². The predicted molar refractivity (Wildman–Crippen MR) is 143 cm³/mol. The summed E-state index contributed by atoms with van der Waals surface area (Å²) >= 11 is 0. The number of amides is 2. The summed E-state index contributed by atoms with van der Waals surface area (Å²) in [4.78, 5) is 29.5. The smallest absolute Gasteiger partial charge is 0.247 e. The molecule has 1 saturated carbocycles. The number of nitrogens with zero attached hydrogens (tertiary/aromatic N) is 4. The van der Waals surface area contributed by atoms with Gasteiger partial charge in [-0.25, -0.2) is 4.68 Å². The minimum absolute atomic E-state index is 0.0609. The third-order valence-corrected chi connectivity index (χ3v) is 6.91. The Bertz CT molecular complexity index is 1220. The van der Waals surface area contributed by atoms with E-state index in [2.05, 4.69) is 15.6 Å². The minimum Gasteiger partial charge on any atom is -0.497 e. The van der Waals surface area contributed by atoms with Crippen LogP contribution in [0.25, 0.3) is 11.0 Å². The molecule has 1 aliphatic rings. The number of rotatable bonds is 13. The Kier molecular flexibility index (Phi) is 9.53. The summed E-state index contributed by atoms with van der Waals surface area (Å²) in [5.41, 5.74) is 2.02. The molecule has 0 spiro atoms. The summed E-state index contributed by atoms with van der Waals surface area (Å²) in [6.45, 7) is 3.23. The van der Waals surface area contributed by atoms with E-state index in [1.165, 1.54) is 0 Å². The highest BCUT2D eigenvalue weighted by atomic mass is 16.5. The Morgan fingerprint density at radius 2 is 1.92 bits per heavy atom. The van der Waals surface area contributed by atoms with Crippen molar-refractivity contribution in [1.82, 2.24) is 25.2 Å². The van der Waals surface area contributed by atoms with Gasteiger partial charge in [-0.2, -0.15) is 0 Å². The zero-order valence-corrected chi connectivity index (χ0v) is 22.4. The average Bonchev–Trinajstić information content (AvgIpc) is 3.60. The Labute approximate surface area is 223 Å². The normalized spacial score (nSPS) is 14.4. The van der Waals surface area contributed by atoms with Gasteiger partial charge in [-0.3, -0.25) is 9.59 Å². The first-order valence-corrected chi connectivity index (χ1v) is 13.2. The summed E-state index contributed by atoms with van der Waals surface area (Å²) in [6.07, 6.45) is 4.58. The third kappa shape index (κ3) is 6.42. The molecular formula is C28H37N5O5. The van der Waals surface area contributed by atoms with Gasteiger partial charge in [-0.05, 0) is 56.5 Å². The number of nitrogens with one attached hydrogen (secondary N) is 1. The van der Waals surface area contributed by atoms with Crippen molar-refractivity contribution in [3.8, 4) is 11.5 Å². The fourth-order valence-corrected chi connectivity index (χ4v) is 4.99. The van der Waals surface area contributed by atoms with Crippen molar-refractivity contribution in [2.24, 2.45) is 0 Å². The maximum absolute atomic E-state index is 14.0. The number of aromatic nitrogens is 3. The number of benzene rings is 2. The van der Waals surface area contributed by atoms with Gasteiger partial charge in [0.15, 0.2) is 0 Å². The molecule has 0 saturated heterocycles. The molecule has 1 N–H and O–H groups in total. The maximum Gasteiger partial charge on any atom is 0.247 e. The predicted octanol–water partition coefficient (Wildman–Crippen LogP) is 3.50. The Balaban J connectivity index is 1.72. The second-order valence-electron chi connectivity index (χ2n) is 9.37. The highest BCUT2D eigenvalue weighted by molar-refractivity contribution is 5.90. The Morgan fingerprint density at radius 3 is 2.66 bits per heavy atom. The molecule has 0 bridgehead atoms. The molecule has 1 aliphatic carbocycles. The van der Waals surface area contributed by atoms with E-state index in [-0.39, 0.29) is 24.4 Å². The van der Waals surface area contributed by atoms with Crippen LogP contribution in [0.5, 0.6) is 11.5 Å². The summed E-state index contributed by atoms with van der Waals surface area (Å²) in [5.74, 6) is 0.583. The quantitative estimate of drug-likeness (QED) is 0.342. The van der Waals surface area contributed by atoms with Crippen LogP contribution in [0, 0.1) is 0 Å². The van der Waals surface area contributed by atoms with E-state index in [9.17, 15) is 9.59 Å². The van der Waals surface area contributed by atoms with Crippen LogP contribution in [-0.4, -0.2) is 71.7 Å². The lowest BCUT2D eigenvalue weighted by molar-refractivity contribution is -0.142. The van der Waals surface area contributed by atoms with Crippen LogP contribution in [-0.2, 0) is 20.9 Å². The second kappa shape index (κ2) is 13.2. The molecule has 38 heavy (non-hydrogen) atoms. The number of carbonyl (C=O) groups is 2. The molecule has 1 heterocycles. The molecule has 10 nitrogen and oxygen atoms in total. The van der Waals surface area contributed by atoms with Gasteiger partial charge in [0.05, 0.1) is 19.7 Å². The standard InChI is InChI=1S/C28H37N5O5/c1-4-38-17-9-16-32(26(34)19-33-24-13-8-7-12-23(24)30-31-33)27(28(35)29-20-10-5-6-11-20)22-18-21(36-2)14-15-25(22)37-3/h7-8,12-15,18,20,27H,4-6,9-11,16-17,19H2,1-3H3,(H,29,35)/t27-/m1/s1. The van der Waals surface area contributed by atoms with Crippen LogP contribution in [0.2, 0.25) is 0 Å². The number of carbonyl (C=O) groups excluding carboxylic acids is 2. The molecular weight excluding hydrogens is 486 g/mol. The van der Waals surface area contributed by atoms with Crippen molar-refractivity contribution < 1.29 is 23.8 Å². The zero-order chi connectivity index (χ0) is 26.9. The van der Waals surface area contributed by atoms with Gasteiger partial charge >= 0.3 is 0 Å². The number of ether oxygens (including phenoxy) is 3. The number of hydrogen-bond donors (Lipinski definition) is 1. The molecule has 0 radical (unpaired) electrons. The molecule has 0 aliphatic heterocycles. The molecule has 1 aromatic heterocycles. The lowest BCUT2D eigenvalue weighted by atomic mass is 10.0. The van der Waals surface area contributed by atoms with Crippen LogP contribution >= 0.6 is 0 Å². The SMILES string of the molecule is CCOCCCN(C(=O)Cn1nnc2ccccc21)[C@@H](C(=O)NC1CCCC1)c1cc(OC)ccc1OC. The van der Waals surface area contributed by atoms with Crippen molar-refractivity contribution >= 4 is 22.8 Å². The van der Waals surface area contributed by atoms with Gasteiger partial charge in [0.2, 0.25) is 11.8 Å². The van der Waals surface area contributed by atoms with E-state index >= 15 is 0 Å². The molecule has 4 rings (SSSR count). The van der Waals surface area contributed by atoms with Gasteiger partial charge < -0.3 is 24.4 Å². The highest BCUT2D eigenvalue weighted by Crippen LogP contribution is 2.34. The fourth-order valence-electron chi connectivity index (χ4n) is 4.99. The van der Waals surface area contributed by atoms with Crippen LogP contribution in [0.15, 0.2) is 42.5 Å². The summed E-state index contributed by atoms with van der Waals surface area (Å²) in [6, 6.07) is 11.9. The first-order chi connectivity index (χ1) is 18.5. The molecule has 1 atom stereocenters. The second-order valence-corrected chi connectivity index (χ2v) is 9.37. The maximum atomic E-state index is 14.0. The topological polar surface area (TPSA) is 108 Å². The van der Waals surface area contributed by atoms with Crippen LogP contribution in [0.3, 0.4) is 0 Å². The molecule has 10 heteroatoms. The van der Waals surface area contributed by atoms with Crippen molar-refractivity contribution in [2.75, 3.05) is 34.0 Å². The van der Waals surface area contributed by atoms with Gasteiger partial charge in [0, 0.05) is 31.4 Å². The van der Waals surface area contributed by atoms with Crippen molar-refractivity contribution in [2.45, 2.75) is 57.7 Å². The van der Waals surface area contributed by atoms with E-state index in [1.807, 2.05) is 31.2 Å². The van der Waals surface area contributed by atoms with Crippen molar-refractivity contribution in [3.05, 3.63) is 48.0 Å². The van der Waals surface area contributed by atoms with Gasteiger partial charge in [-0.15, -0.1) is 5.10 Å². The molecule has 2 amide bonds. The van der Waals surface area contributed by atoms with Gasteiger partial charge in [-0.1, -0.05) is 30.2 Å². The van der Waals surface area contributed by atoms with Crippen LogP contribution < -0.4 is 14.8 Å². The number of hydrogen-bond acceptors (Lipinski definition) is 7. The lowest BCUT2D eigenvalue weighted by Gasteiger charge is -2.33. The molecule has 2 aromatic carbocycles. The van der Waals surface area contributed by atoms with E-state index in [0.717, 1.165) is 31.2 Å². The van der Waals surface area contributed by atoms with Gasteiger partial charge in [0.1, 0.15) is 29.6 Å². The van der Waals surface area contributed by atoms with Crippen LogP contribution in [0.1, 0.15) is 50.6 Å². The summed E-state index contributed by atoms with van der Waals surface area (Å²) < 4.78 is 18.3. The summed E-state index contributed by atoms with van der Waals surface area (Å²) in [5, 5.41) is 11.6. The monoisotopic (exact) mass is 523 g/mol. The average molecular weight is 524 g/mol. The van der Waals surface area contributed by atoms with Gasteiger partial charge in [0.25, 0.3) is 0 Å². The number of para-hydroxylation sites is 1. The summed E-state index contributed by atoms with van der Waals surface area (Å²) in [7, 11) is 3.13. The molecule has 1 fully saturated rings. The Hall–Kier alpha value is -3.66. The van der Waals surface area contributed by atoms with E-state index in [0.29, 0.717) is 48.8 Å². The molecule has 0 unspecified atom stereocenters. The lowest BCUT2D eigenvalue weighted by Crippen LogP contribution is -2.47. The number of methoxy groups -OCH3 is 2. The number of fused-ring (bicyclic) bond motifs is 1. The molecule has 3 aromatic rings. The van der Waals surface area contributed by atoms with Crippen LogP contribution in [0.4, 0.5) is 0 Å². The van der Waals surface area contributed by atoms with E-state index in [4.69, 9.17) is 14.2 Å². The fraction of sp³-hybridized carbons (Fsp3) is 0.500. The largest absolute Gasteiger partial charge is 0.497 e. The minimum atomic E-state index is -0.926. The zero-order valence-electron chi connectivity index (χ0n) is 22.4. The highest BCUT2D eigenvalue weighted by Gasteiger charge is 2.35.